The molecule has 0 spiro atoms. The Labute approximate surface area is 105 Å². The molecule has 1 atom stereocenters. The van der Waals surface area contributed by atoms with E-state index in [9.17, 15) is 4.79 Å². The van der Waals surface area contributed by atoms with Crippen molar-refractivity contribution in [1.82, 2.24) is 9.88 Å². The van der Waals surface area contributed by atoms with Crippen molar-refractivity contribution >= 4 is 5.91 Å². The van der Waals surface area contributed by atoms with Crippen molar-refractivity contribution in [1.29, 1.82) is 5.26 Å². The second kappa shape index (κ2) is 5.67. The minimum absolute atomic E-state index is 0.0851. The number of ether oxygens (including phenoxy) is 2. The quantitative estimate of drug-likeness (QED) is 0.839. The molecule has 1 amide bonds. The van der Waals surface area contributed by atoms with Gasteiger partial charge in [-0.1, -0.05) is 0 Å². The number of aromatic nitrogens is 1. The molecule has 0 aliphatic carbocycles. The number of carbonyl (C=O) groups is 1. The number of likely N-dealkylation sites (N-methyl/N-ethyl adjacent to an activating group) is 1. The predicted molar refractivity (Wildman–Crippen MR) is 63.0 cm³/mol. The fourth-order valence-electron chi connectivity index (χ4n) is 1.82. The van der Waals surface area contributed by atoms with Crippen LogP contribution in [0, 0.1) is 11.3 Å². The first-order valence-electron chi connectivity index (χ1n) is 5.74. The fourth-order valence-corrected chi connectivity index (χ4v) is 1.82. The van der Waals surface area contributed by atoms with E-state index < -0.39 is 0 Å². The molecule has 6 nitrogen and oxygen atoms in total. The van der Waals surface area contributed by atoms with E-state index in [2.05, 4.69) is 4.98 Å². The van der Waals surface area contributed by atoms with E-state index >= 15 is 0 Å². The zero-order chi connectivity index (χ0) is 13.0. The summed E-state index contributed by atoms with van der Waals surface area (Å²) in [5, 5.41) is 8.70. The number of hydrogen-bond acceptors (Lipinski definition) is 4. The SMILES string of the molecule is CN(CC1COCCO1)C(=O)c1cc(C#N)c[nH]1. The maximum atomic E-state index is 12.0. The van der Waals surface area contributed by atoms with Crippen molar-refractivity contribution in [2.45, 2.75) is 6.10 Å². The standard InChI is InChI=1S/C12H15N3O3/c1-15(7-10-8-17-2-3-18-10)12(16)11-4-9(5-13)6-14-11/h4,6,10,14H,2-3,7-8H2,1H3. The summed E-state index contributed by atoms with van der Waals surface area (Å²) in [6, 6.07) is 3.51. The zero-order valence-electron chi connectivity index (χ0n) is 10.2. The lowest BCUT2D eigenvalue weighted by Crippen LogP contribution is -2.40. The van der Waals surface area contributed by atoms with E-state index in [1.807, 2.05) is 6.07 Å². The number of nitrogens with one attached hydrogen (secondary N) is 1. The lowest BCUT2D eigenvalue weighted by molar-refractivity contribution is -0.0933. The number of amides is 1. The van der Waals surface area contributed by atoms with Crippen molar-refractivity contribution in [2.24, 2.45) is 0 Å². The molecular weight excluding hydrogens is 234 g/mol. The van der Waals surface area contributed by atoms with E-state index in [1.54, 1.807) is 11.9 Å². The summed E-state index contributed by atoms with van der Waals surface area (Å²) in [5.41, 5.74) is 0.856. The van der Waals surface area contributed by atoms with Crippen molar-refractivity contribution in [3.05, 3.63) is 23.5 Å². The number of carbonyl (C=O) groups excluding carboxylic acids is 1. The third-order valence-corrected chi connectivity index (χ3v) is 2.75. The Hall–Kier alpha value is -1.84. The molecule has 96 valence electrons. The molecule has 2 rings (SSSR count). The van der Waals surface area contributed by atoms with E-state index in [0.717, 1.165) is 0 Å². The van der Waals surface area contributed by atoms with Crippen LogP contribution < -0.4 is 0 Å². The van der Waals surface area contributed by atoms with Gasteiger partial charge in [-0.05, 0) is 6.07 Å². The molecule has 1 fully saturated rings. The molecule has 18 heavy (non-hydrogen) atoms. The topological polar surface area (TPSA) is 78.3 Å². The van der Waals surface area contributed by atoms with Gasteiger partial charge in [0.25, 0.3) is 5.91 Å². The van der Waals surface area contributed by atoms with Gasteiger partial charge >= 0.3 is 0 Å². The Kier molecular flexibility index (Phi) is 3.97. The molecule has 6 heteroatoms. The average Bonchev–Trinajstić information content (AvgIpc) is 2.87. The molecule has 0 saturated carbocycles. The number of hydrogen-bond donors (Lipinski definition) is 1. The molecule has 1 aromatic heterocycles. The lowest BCUT2D eigenvalue weighted by Gasteiger charge is -2.27. The Bertz CT molecular complexity index is 457. The van der Waals surface area contributed by atoms with Crippen molar-refractivity contribution in [2.75, 3.05) is 33.4 Å². The minimum Gasteiger partial charge on any atom is -0.376 e. The average molecular weight is 249 g/mol. The molecule has 1 aliphatic rings. The van der Waals surface area contributed by atoms with Crippen molar-refractivity contribution in [3.63, 3.8) is 0 Å². The minimum atomic E-state index is -0.161. The van der Waals surface area contributed by atoms with Gasteiger partial charge in [0, 0.05) is 19.8 Å². The van der Waals surface area contributed by atoms with Gasteiger partial charge in [0.1, 0.15) is 11.8 Å². The third kappa shape index (κ3) is 2.88. The lowest BCUT2D eigenvalue weighted by atomic mass is 10.3. The van der Waals surface area contributed by atoms with Crippen molar-refractivity contribution < 1.29 is 14.3 Å². The first-order chi connectivity index (χ1) is 8.70. The van der Waals surface area contributed by atoms with E-state index in [4.69, 9.17) is 14.7 Å². The van der Waals surface area contributed by atoms with Crippen molar-refractivity contribution in [3.8, 4) is 6.07 Å². The maximum absolute atomic E-state index is 12.0. The molecular formula is C12H15N3O3. The Morgan fingerprint density at radius 3 is 3.11 bits per heavy atom. The second-order valence-corrected chi connectivity index (χ2v) is 4.17. The molecule has 0 aromatic carbocycles. The monoisotopic (exact) mass is 249 g/mol. The largest absolute Gasteiger partial charge is 0.376 e. The van der Waals surface area contributed by atoms with Crippen LogP contribution in [0.5, 0.6) is 0 Å². The summed E-state index contributed by atoms with van der Waals surface area (Å²) >= 11 is 0. The van der Waals surface area contributed by atoms with Crippen LogP contribution in [0.1, 0.15) is 16.1 Å². The van der Waals surface area contributed by atoms with Crippen LogP contribution in [-0.4, -0.2) is 55.3 Å². The normalized spacial score (nSPS) is 19.2. The van der Waals surface area contributed by atoms with Crippen LogP contribution in [0.4, 0.5) is 0 Å². The number of rotatable bonds is 3. The summed E-state index contributed by atoms with van der Waals surface area (Å²) in [6.45, 7) is 2.15. The summed E-state index contributed by atoms with van der Waals surface area (Å²) in [4.78, 5) is 16.4. The molecule has 0 radical (unpaired) electrons. The highest BCUT2D eigenvalue weighted by Crippen LogP contribution is 2.08. The van der Waals surface area contributed by atoms with Gasteiger partial charge in [-0.25, -0.2) is 0 Å². The maximum Gasteiger partial charge on any atom is 0.270 e. The molecule has 1 N–H and O–H groups in total. The molecule has 1 unspecified atom stereocenters. The molecule has 0 bridgehead atoms. The summed E-state index contributed by atoms with van der Waals surface area (Å²) in [5.74, 6) is -0.161. The number of nitriles is 1. The van der Waals surface area contributed by atoms with Crippen LogP contribution in [0.25, 0.3) is 0 Å². The highest BCUT2D eigenvalue weighted by molar-refractivity contribution is 5.92. The van der Waals surface area contributed by atoms with E-state index in [0.29, 0.717) is 37.6 Å². The summed E-state index contributed by atoms with van der Waals surface area (Å²) in [7, 11) is 1.70. The number of aromatic amines is 1. The van der Waals surface area contributed by atoms with Gasteiger partial charge in [-0.15, -0.1) is 0 Å². The second-order valence-electron chi connectivity index (χ2n) is 4.17. The Balaban J connectivity index is 1.93. The highest BCUT2D eigenvalue weighted by Gasteiger charge is 2.20. The molecule has 1 saturated heterocycles. The molecule has 2 heterocycles. The zero-order valence-corrected chi connectivity index (χ0v) is 10.2. The van der Waals surface area contributed by atoms with Gasteiger partial charge in [0.05, 0.1) is 31.5 Å². The van der Waals surface area contributed by atoms with Gasteiger partial charge in [0.2, 0.25) is 0 Å². The van der Waals surface area contributed by atoms with Crippen LogP contribution in [-0.2, 0) is 9.47 Å². The summed E-state index contributed by atoms with van der Waals surface area (Å²) in [6.07, 6.45) is 1.43. The number of nitrogens with zero attached hydrogens (tertiary/aromatic N) is 2. The fraction of sp³-hybridized carbons (Fsp3) is 0.500. The van der Waals surface area contributed by atoms with Gasteiger partial charge in [-0.3, -0.25) is 4.79 Å². The van der Waals surface area contributed by atoms with Crippen LogP contribution in [0.15, 0.2) is 12.3 Å². The van der Waals surface area contributed by atoms with E-state index in [1.165, 1.54) is 12.3 Å². The number of H-pyrrole nitrogens is 1. The van der Waals surface area contributed by atoms with Gasteiger partial charge < -0.3 is 19.4 Å². The Morgan fingerprint density at radius 2 is 2.50 bits per heavy atom. The Morgan fingerprint density at radius 1 is 1.67 bits per heavy atom. The highest BCUT2D eigenvalue weighted by atomic mass is 16.6. The predicted octanol–water partition coefficient (Wildman–Crippen LogP) is 0.374. The van der Waals surface area contributed by atoms with Gasteiger partial charge in [-0.2, -0.15) is 5.26 Å². The first kappa shape index (κ1) is 12.6. The molecule has 1 aliphatic heterocycles. The smallest absolute Gasteiger partial charge is 0.270 e. The van der Waals surface area contributed by atoms with Crippen LogP contribution in [0.3, 0.4) is 0 Å². The summed E-state index contributed by atoms with van der Waals surface area (Å²) < 4.78 is 10.8. The van der Waals surface area contributed by atoms with E-state index in [-0.39, 0.29) is 12.0 Å². The van der Waals surface area contributed by atoms with Gasteiger partial charge in [0.15, 0.2) is 0 Å². The first-order valence-corrected chi connectivity index (χ1v) is 5.74. The van der Waals surface area contributed by atoms with Crippen LogP contribution in [0.2, 0.25) is 0 Å². The third-order valence-electron chi connectivity index (χ3n) is 2.75. The molecule has 1 aromatic rings. The van der Waals surface area contributed by atoms with Crippen LogP contribution >= 0.6 is 0 Å².